The minimum atomic E-state index is -0.389. The van der Waals surface area contributed by atoms with Gasteiger partial charge in [-0.25, -0.2) is 0 Å². The third-order valence-corrected chi connectivity index (χ3v) is 5.80. The van der Waals surface area contributed by atoms with Crippen LogP contribution in [0.2, 0.25) is 0 Å². The van der Waals surface area contributed by atoms with Crippen molar-refractivity contribution < 1.29 is 4.79 Å². The van der Waals surface area contributed by atoms with Crippen molar-refractivity contribution in [1.82, 2.24) is 5.32 Å². The molecule has 2 saturated carbocycles. The minimum Gasteiger partial charge on any atom is -0.368 e. The lowest BCUT2D eigenvalue weighted by Gasteiger charge is -2.34. The first kappa shape index (κ1) is 16.2. The predicted molar refractivity (Wildman–Crippen MR) is 86.8 cm³/mol. The van der Waals surface area contributed by atoms with Crippen LogP contribution < -0.4 is 11.1 Å². The molecular weight excluding hydrogens is 268 g/mol. The van der Waals surface area contributed by atoms with Crippen molar-refractivity contribution >= 4 is 17.7 Å². The number of hydrogen-bond acceptors (Lipinski definition) is 3. The average Bonchev–Trinajstić information content (AvgIpc) is 3.09. The second kappa shape index (κ2) is 7.17. The van der Waals surface area contributed by atoms with Crippen molar-refractivity contribution in [2.45, 2.75) is 70.4 Å². The van der Waals surface area contributed by atoms with Gasteiger partial charge in [-0.3, -0.25) is 4.79 Å². The molecule has 116 valence electrons. The van der Waals surface area contributed by atoms with E-state index in [-0.39, 0.29) is 11.4 Å². The summed E-state index contributed by atoms with van der Waals surface area (Å²) in [6.07, 6.45) is 8.09. The Morgan fingerprint density at radius 1 is 1.35 bits per heavy atom. The maximum Gasteiger partial charge on any atom is 0.238 e. The van der Waals surface area contributed by atoms with Gasteiger partial charge in [0.05, 0.1) is 0 Å². The first-order valence-electron chi connectivity index (χ1n) is 8.20. The fourth-order valence-corrected chi connectivity index (χ4v) is 4.59. The van der Waals surface area contributed by atoms with Crippen LogP contribution >= 0.6 is 11.8 Å². The normalized spacial score (nSPS) is 30.1. The molecule has 2 fully saturated rings. The molecule has 1 amide bonds. The van der Waals surface area contributed by atoms with E-state index in [9.17, 15) is 4.79 Å². The van der Waals surface area contributed by atoms with E-state index in [1.807, 2.05) is 11.8 Å². The topological polar surface area (TPSA) is 55.1 Å². The second-order valence-corrected chi connectivity index (χ2v) is 8.15. The molecule has 0 heterocycles. The van der Waals surface area contributed by atoms with Crippen LogP contribution in [0.3, 0.4) is 0 Å². The molecule has 2 unspecified atom stereocenters. The van der Waals surface area contributed by atoms with E-state index in [1.165, 1.54) is 30.8 Å². The highest BCUT2D eigenvalue weighted by molar-refractivity contribution is 7.99. The number of primary amides is 1. The molecule has 0 bridgehead atoms. The van der Waals surface area contributed by atoms with Gasteiger partial charge in [0, 0.05) is 6.04 Å². The summed E-state index contributed by atoms with van der Waals surface area (Å²) in [6, 6.07) is 0.552. The molecule has 0 spiro atoms. The monoisotopic (exact) mass is 298 g/mol. The van der Waals surface area contributed by atoms with Gasteiger partial charge >= 0.3 is 0 Å². The highest BCUT2D eigenvalue weighted by Gasteiger charge is 2.49. The van der Waals surface area contributed by atoms with Crippen LogP contribution in [0.25, 0.3) is 0 Å². The average molecular weight is 298 g/mol. The molecule has 0 saturated heterocycles. The van der Waals surface area contributed by atoms with Crippen LogP contribution in [0.5, 0.6) is 0 Å². The molecule has 2 aliphatic carbocycles. The summed E-state index contributed by atoms with van der Waals surface area (Å²) in [6.45, 7) is 4.55. The minimum absolute atomic E-state index is 0.112. The zero-order valence-electron chi connectivity index (χ0n) is 13.0. The van der Waals surface area contributed by atoms with Gasteiger partial charge in [0.25, 0.3) is 0 Å². The highest BCUT2D eigenvalue weighted by atomic mass is 32.2. The van der Waals surface area contributed by atoms with E-state index in [1.54, 1.807) is 0 Å². The lowest BCUT2D eigenvalue weighted by molar-refractivity contribution is -0.126. The third kappa shape index (κ3) is 4.14. The Bertz CT molecular complexity index is 330. The second-order valence-electron chi connectivity index (χ2n) is 6.93. The molecule has 2 atom stereocenters. The van der Waals surface area contributed by atoms with E-state index in [0.29, 0.717) is 12.0 Å². The van der Waals surface area contributed by atoms with Crippen LogP contribution in [0, 0.1) is 11.8 Å². The van der Waals surface area contributed by atoms with Crippen LogP contribution in [0.4, 0.5) is 0 Å². The molecule has 0 aromatic carbocycles. The zero-order chi connectivity index (χ0) is 14.6. The van der Waals surface area contributed by atoms with Crippen LogP contribution in [-0.4, -0.2) is 29.0 Å². The number of amides is 1. The van der Waals surface area contributed by atoms with Gasteiger partial charge in [-0.15, -0.1) is 0 Å². The SMILES string of the molecule is CC(C)CCSCCC1CCCC1(NC1CC1)C(N)=O. The number of carbonyl (C=O) groups is 1. The number of nitrogens with two attached hydrogens (primary N) is 1. The van der Waals surface area contributed by atoms with Gasteiger partial charge in [-0.2, -0.15) is 11.8 Å². The Morgan fingerprint density at radius 3 is 2.70 bits per heavy atom. The zero-order valence-corrected chi connectivity index (χ0v) is 13.8. The largest absolute Gasteiger partial charge is 0.368 e. The fraction of sp³-hybridized carbons (Fsp3) is 0.938. The molecule has 3 N–H and O–H groups in total. The number of nitrogens with one attached hydrogen (secondary N) is 1. The third-order valence-electron chi connectivity index (χ3n) is 4.75. The van der Waals surface area contributed by atoms with E-state index in [2.05, 4.69) is 19.2 Å². The molecule has 4 heteroatoms. The van der Waals surface area contributed by atoms with Crippen LogP contribution in [0.1, 0.15) is 58.8 Å². The van der Waals surface area contributed by atoms with Gasteiger partial charge in [-0.1, -0.05) is 20.3 Å². The number of carbonyl (C=O) groups excluding carboxylic acids is 1. The standard InChI is InChI=1S/C16H30N2OS/c1-12(2)7-10-20-11-8-13-4-3-9-16(13,15(17)19)18-14-5-6-14/h12-14,18H,3-11H2,1-2H3,(H2,17,19). The summed E-state index contributed by atoms with van der Waals surface area (Å²) >= 11 is 2.04. The number of hydrogen-bond donors (Lipinski definition) is 2. The van der Waals surface area contributed by atoms with Crippen LogP contribution in [-0.2, 0) is 4.79 Å². The quantitative estimate of drug-likeness (QED) is 0.644. The molecule has 0 radical (unpaired) electrons. The van der Waals surface area contributed by atoms with E-state index < -0.39 is 0 Å². The molecule has 2 rings (SSSR count). The maximum atomic E-state index is 12.0. The van der Waals surface area contributed by atoms with Gasteiger partial charge in [-0.05, 0) is 61.9 Å². The van der Waals surface area contributed by atoms with Gasteiger partial charge in [0.15, 0.2) is 0 Å². The molecule has 0 aliphatic heterocycles. The van der Waals surface area contributed by atoms with E-state index in [0.717, 1.165) is 31.6 Å². The maximum absolute atomic E-state index is 12.0. The van der Waals surface area contributed by atoms with Crippen molar-refractivity contribution in [3.63, 3.8) is 0 Å². The molecule has 20 heavy (non-hydrogen) atoms. The molecule has 0 aromatic rings. The summed E-state index contributed by atoms with van der Waals surface area (Å²) in [4.78, 5) is 12.0. The molecule has 3 nitrogen and oxygen atoms in total. The summed E-state index contributed by atoms with van der Waals surface area (Å²) < 4.78 is 0. The van der Waals surface area contributed by atoms with Gasteiger partial charge in [0.2, 0.25) is 5.91 Å². The Labute approximate surface area is 127 Å². The van der Waals surface area contributed by atoms with Crippen molar-refractivity contribution in [2.75, 3.05) is 11.5 Å². The van der Waals surface area contributed by atoms with E-state index >= 15 is 0 Å². The first-order chi connectivity index (χ1) is 9.54. The molecular formula is C16H30N2OS. The van der Waals surface area contributed by atoms with Crippen molar-refractivity contribution in [2.24, 2.45) is 17.6 Å². The number of rotatable bonds is 9. The Hall–Kier alpha value is -0.220. The first-order valence-corrected chi connectivity index (χ1v) is 9.35. The molecule has 2 aliphatic rings. The van der Waals surface area contributed by atoms with Crippen LogP contribution in [0.15, 0.2) is 0 Å². The van der Waals surface area contributed by atoms with E-state index in [4.69, 9.17) is 5.73 Å². The summed E-state index contributed by atoms with van der Waals surface area (Å²) in [5.41, 5.74) is 5.37. The van der Waals surface area contributed by atoms with Crippen molar-refractivity contribution in [3.05, 3.63) is 0 Å². The fourth-order valence-electron chi connectivity index (χ4n) is 3.29. The van der Waals surface area contributed by atoms with Gasteiger partial charge < -0.3 is 11.1 Å². The Morgan fingerprint density at radius 2 is 2.10 bits per heavy atom. The predicted octanol–water partition coefficient (Wildman–Crippen LogP) is 2.93. The lowest BCUT2D eigenvalue weighted by atomic mass is 9.84. The lowest BCUT2D eigenvalue weighted by Crippen LogP contribution is -2.58. The summed E-state index contributed by atoms with van der Waals surface area (Å²) in [5, 5.41) is 3.59. The Balaban J connectivity index is 1.80. The summed E-state index contributed by atoms with van der Waals surface area (Å²) in [7, 11) is 0. The van der Waals surface area contributed by atoms with Crippen molar-refractivity contribution in [3.8, 4) is 0 Å². The summed E-state index contributed by atoms with van der Waals surface area (Å²) in [5.74, 6) is 3.53. The molecule has 0 aromatic heterocycles. The smallest absolute Gasteiger partial charge is 0.238 e. The van der Waals surface area contributed by atoms with Crippen molar-refractivity contribution in [1.29, 1.82) is 0 Å². The highest BCUT2D eigenvalue weighted by Crippen LogP contribution is 2.40. The number of thioether (sulfide) groups is 1. The van der Waals surface area contributed by atoms with Gasteiger partial charge in [0.1, 0.15) is 5.54 Å². The Kier molecular flexibility index (Phi) is 5.79.